The number of methoxy groups -OCH3 is 1. The number of benzene rings is 1. The number of rotatable bonds is 10. The molecule has 0 unspecified atom stereocenters. The first-order valence-electron chi connectivity index (χ1n) is 7.54. The third kappa shape index (κ3) is 5.31. The zero-order valence-corrected chi connectivity index (χ0v) is 14.4. The van der Waals surface area contributed by atoms with Crippen LogP contribution in [-0.2, 0) is 4.74 Å². The van der Waals surface area contributed by atoms with Crippen molar-refractivity contribution in [1.82, 2.24) is 4.98 Å². The highest BCUT2D eigenvalue weighted by molar-refractivity contribution is 7.14. The van der Waals surface area contributed by atoms with Crippen molar-refractivity contribution >= 4 is 16.5 Å². The second kappa shape index (κ2) is 9.39. The smallest absolute Gasteiger partial charge is 0.387 e. The van der Waals surface area contributed by atoms with Crippen molar-refractivity contribution in [3.63, 3.8) is 0 Å². The van der Waals surface area contributed by atoms with Gasteiger partial charge in [0.25, 0.3) is 0 Å². The molecule has 0 spiro atoms. The van der Waals surface area contributed by atoms with E-state index in [-0.39, 0.29) is 11.5 Å². The fourth-order valence-corrected chi connectivity index (χ4v) is 2.77. The van der Waals surface area contributed by atoms with Gasteiger partial charge in [0.1, 0.15) is 0 Å². The van der Waals surface area contributed by atoms with E-state index in [1.165, 1.54) is 24.5 Å². The molecule has 0 saturated carbocycles. The van der Waals surface area contributed by atoms with E-state index < -0.39 is 6.61 Å². The maximum absolute atomic E-state index is 12.4. The maximum atomic E-state index is 12.4. The van der Waals surface area contributed by atoms with Crippen LogP contribution in [0.2, 0.25) is 0 Å². The van der Waals surface area contributed by atoms with Gasteiger partial charge in [0.05, 0.1) is 12.8 Å². The molecule has 2 rings (SSSR count). The lowest BCUT2D eigenvalue weighted by Crippen LogP contribution is -2.05. The van der Waals surface area contributed by atoms with E-state index in [0.717, 1.165) is 29.4 Å². The number of hydrogen-bond acceptors (Lipinski definition) is 6. The summed E-state index contributed by atoms with van der Waals surface area (Å²) in [5.74, 6) is 0.243. The van der Waals surface area contributed by atoms with E-state index >= 15 is 0 Å². The number of anilines is 1. The third-order valence-electron chi connectivity index (χ3n) is 3.13. The van der Waals surface area contributed by atoms with Gasteiger partial charge in [-0.15, -0.1) is 11.3 Å². The number of alkyl halides is 2. The van der Waals surface area contributed by atoms with Crippen LogP contribution in [0.15, 0.2) is 23.6 Å². The first-order chi connectivity index (χ1) is 11.6. The molecule has 0 amide bonds. The lowest BCUT2D eigenvalue weighted by molar-refractivity contribution is -0.0512. The molecule has 0 aliphatic heterocycles. The predicted octanol–water partition coefficient (Wildman–Crippen LogP) is 4.26. The summed E-state index contributed by atoms with van der Waals surface area (Å²) in [6, 6.07) is 4.76. The van der Waals surface area contributed by atoms with Gasteiger partial charge in [-0.05, 0) is 31.5 Å². The molecule has 0 fully saturated rings. The summed E-state index contributed by atoms with van der Waals surface area (Å²) in [6.07, 6.45) is 0.899. The quantitative estimate of drug-likeness (QED) is 0.643. The van der Waals surface area contributed by atoms with E-state index in [9.17, 15) is 8.78 Å². The number of ether oxygens (including phenoxy) is 3. The topological polar surface area (TPSA) is 52.6 Å². The fourth-order valence-electron chi connectivity index (χ4n) is 2.02. The zero-order chi connectivity index (χ0) is 17.4. The van der Waals surface area contributed by atoms with Crippen LogP contribution in [0.3, 0.4) is 0 Å². The van der Waals surface area contributed by atoms with E-state index in [4.69, 9.17) is 9.47 Å². The Kier molecular flexibility index (Phi) is 7.20. The molecule has 1 aromatic carbocycles. The van der Waals surface area contributed by atoms with Crippen LogP contribution in [0.25, 0.3) is 11.3 Å². The van der Waals surface area contributed by atoms with Gasteiger partial charge in [0.2, 0.25) is 0 Å². The van der Waals surface area contributed by atoms with Gasteiger partial charge in [-0.3, -0.25) is 0 Å². The van der Waals surface area contributed by atoms with Gasteiger partial charge in [0.15, 0.2) is 16.6 Å². The number of thiazole rings is 1. The van der Waals surface area contributed by atoms with Gasteiger partial charge in [-0.1, -0.05) is 0 Å². The minimum Gasteiger partial charge on any atom is -0.493 e. The molecule has 0 aliphatic rings. The van der Waals surface area contributed by atoms with Crippen molar-refractivity contribution in [1.29, 1.82) is 0 Å². The molecule has 0 atom stereocenters. The Morgan fingerprint density at radius 2 is 2.12 bits per heavy atom. The van der Waals surface area contributed by atoms with Gasteiger partial charge in [-0.25, -0.2) is 4.98 Å². The van der Waals surface area contributed by atoms with E-state index in [1.54, 1.807) is 12.1 Å². The van der Waals surface area contributed by atoms with Crippen LogP contribution in [0, 0.1) is 0 Å². The molecular formula is C16H20F2N2O3S. The molecule has 1 aromatic heterocycles. The van der Waals surface area contributed by atoms with Crippen molar-refractivity contribution in [2.45, 2.75) is 20.0 Å². The van der Waals surface area contributed by atoms with Crippen LogP contribution in [0.5, 0.6) is 11.5 Å². The highest BCUT2D eigenvalue weighted by atomic mass is 32.1. The minimum absolute atomic E-state index is 0.000696. The fraction of sp³-hybridized carbons (Fsp3) is 0.438. The number of aromatic nitrogens is 1. The summed E-state index contributed by atoms with van der Waals surface area (Å²) in [7, 11) is 1.41. The maximum Gasteiger partial charge on any atom is 0.387 e. The lowest BCUT2D eigenvalue weighted by atomic mass is 10.1. The summed E-state index contributed by atoms with van der Waals surface area (Å²) in [6.45, 7) is 1.28. The third-order valence-corrected chi connectivity index (χ3v) is 3.93. The van der Waals surface area contributed by atoms with Crippen LogP contribution in [-0.4, -0.2) is 38.5 Å². The Hall–Kier alpha value is -1.93. The molecule has 5 nitrogen and oxygen atoms in total. The molecule has 1 heterocycles. The van der Waals surface area contributed by atoms with Gasteiger partial charge >= 0.3 is 6.61 Å². The number of halogens is 2. The Morgan fingerprint density at radius 1 is 1.29 bits per heavy atom. The van der Waals surface area contributed by atoms with Crippen LogP contribution >= 0.6 is 11.3 Å². The number of hydrogen-bond donors (Lipinski definition) is 1. The standard InChI is InChI=1S/C16H20F2N2O3S/c1-3-22-8-4-7-19-16-20-12(10-24-16)11-5-6-13(23-15(17)18)14(9-11)21-2/h5-6,9-10,15H,3-4,7-8H2,1-2H3,(H,19,20). The van der Waals surface area contributed by atoms with Crippen LogP contribution in [0.4, 0.5) is 13.9 Å². The summed E-state index contributed by atoms with van der Waals surface area (Å²) in [4.78, 5) is 4.49. The van der Waals surface area contributed by atoms with Crippen molar-refractivity contribution in [3.8, 4) is 22.8 Å². The van der Waals surface area contributed by atoms with E-state index in [1.807, 2.05) is 12.3 Å². The monoisotopic (exact) mass is 358 g/mol. The van der Waals surface area contributed by atoms with Crippen molar-refractivity contribution in [2.75, 3.05) is 32.2 Å². The Balaban J connectivity index is 2.01. The Morgan fingerprint density at radius 3 is 2.83 bits per heavy atom. The highest BCUT2D eigenvalue weighted by Gasteiger charge is 2.13. The number of nitrogens with zero attached hydrogens (tertiary/aromatic N) is 1. The summed E-state index contributed by atoms with van der Waals surface area (Å²) in [5.41, 5.74) is 1.52. The molecule has 1 N–H and O–H groups in total. The second-order valence-electron chi connectivity index (χ2n) is 4.76. The first kappa shape index (κ1) is 18.4. The Bertz CT molecular complexity index is 638. The first-order valence-corrected chi connectivity index (χ1v) is 8.42. The summed E-state index contributed by atoms with van der Waals surface area (Å²) >= 11 is 1.48. The Labute approximate surface area is 143 Å². The molecular weight excluding hydrogens is 338 g/mol. The highest BCUT2D eigenvalue weighted by Crippen LogP contribution is 2.34. The lowest BCUT2D eigenvalue weighted by Gasteiger charge is -2.10. The summed E-state index contributed by atoms with van der Waals surface area (Å²) < 4.78 is 39.5. The normalized spacial score (nSPS) is 10.9. The SMILES string of the molecule is CCOCCCNc1nc(-c2ccc(OC(F)F)c(OC)c2)cs1. The molecule has 8 heteroatoms. The van der Waals surface area contributed by atoms with Crippen LogP contribution in [0.1, 0.15) is 13.3 Å². The molecule has 132 valence electrons. The van der Waals surface area contributed by atoms with Crippen molar-refractivity contribution < 1.29 is 23.0 Å². The molecule has 24 heavy (non-hydrogen) atoms. The van der Waals surface area contributed by atoms with Crippen molar-refractivity contribution in [2.24, 2.45) is 0 Å². The average molecular weight is 358 g/mol. The minimum atomic E-state index is -2.89. The largest absolute Gasteiger partial charge is 0.493 e. The molecule has 0 radical (unpaired) electrons. The van der Waals surface area contributed by atoms with Gasteiger partial charge < -0.3 is 19.5 Å². The molecule has 0 saturated heterocycles. The molecule has 0 aliphatic carbocycles. The zero-order valence-electron chi connectivity index (χ0n) is 13.6. The second-order valence-corrected chi connectivity index (χ2v) is 5.62. The van der Waals surface area contributed by atoms with Crippen LogP contribution < -0.4 is 14.8 Å². The van der Waals surface area contributed by atoms with Crippen molar-refractivity contribution in [3.05, 3.63) is 23.6 Å². The average Bonchev–Trinajstić information content (AvgIpc) is 3.03. The number of nitrogens with one attached hydrogen (secondary N) is 1. The van der Waals surface area contributed by atoms with E-state index in [0.29, 0.717) is 13.2 Å². The molecule has 0 bridgehead atoms. The molecule has 2 aromatic rings. The van der Waals surface area contributed by atoms with Gasteiger partial charge in [0, 0.05) is 30.7 Å². The predicted molar refractivity (Wildman–Crippen MR) is 90.3 cm³/mol. The van der Waals surface area contributed by atoms with Gasteiger partial charge in [-0.2, -0.15) is 8.78 Å². The summed E-state index contributed by atoms with van der Waals surface area (Å²) in [5, 5.41) is 5.93. The van der Waals surface area contributed by atoms with E-state index in [2.05, 4.69) is 15.0 Å².